The van der Waals surface area contributed by atoms with Crippen molar-refractivity contribution in [1.82, 2.24) is 0 Å². The zero-order chi connectivity index (χ0) is 14.8. The maximum atomic E-state index is 13.1. The molecule has 0 aromatic heterocycles. The molecule has 0 aliphatic heterocycles. The van der Waals surface area contributed by atoms with Gasteiger partial charge in [-0.3, -0.25) is 4.79 Å². The lowest BCUT2D eigenvalue weighted by Gasteiger charge is -2.26. The van der Waals surface area contributed by atoms with Crippen LogP contribution < -0.4 is 15.8 Å². The molecule has 19 heavy (non-hydrogen) atoms. The van der Waals surface area contributed by atoms with Crippen LogP contribution in [0, 0.1) is 5.82 Å². The van der Waals surface area contributed by atoms with Crippen LogP contribution in [0.15, 0.2) is 18.2 Å². The molecule has 0 saturated heterocycles. The summed E-state index contributed by atoms with van der Waals surface area (Å²) < 4.78 is 55.3. The zero-order valence-electron chi connectivity index (χ0n) is 10.1. The fourth-order valence-corrected chi connectivity index (χ4v) is 1.13. The molecule has 0 saturated carbocycles. The second-order valence-corrected chi connectivity index (χ2v) is 4.00. The Hall–Kier alpha value is -1.83. The van der Waals surface area contributed by atoms with Crippen molar-refractivity contribution < 1.29 is 27.1 Å². The number of carbonyl (C=O) groups excluding carboxylic acids is 1. The molecule has 0 radical (unpaired) electrons. The van der Waals surface area contributed by atoms with Gasteiger partial charge in [-0.15, -0.1) is 0 Å². The standard InChI is InChI=1S/C11H12F4N2O2/c1-10(16,11(13,14)15)9(18)17-6-3-4-7(12)8(5-6)19-2/h3-5H,16H2,1-2H3,(H,17,18). The summed E-state index contributed by atoms with van der Waals surface area (Å²) in [5, 5.41) is 1.96. The quantitative estimate of drug-likeness (QED) is 0.833. The highest BCUT2D eigenvalue weighted by Crippen LogP contribution is 2.29. The smallest absolute Gasteiger partial charge is 0.415 e. The van der Waals surface area contributed by atoms with Crippen molar-refractivity contribution in [3.05, 3.63) is 24.0 Å². The Bertz CT molecular complexity index is 486. The molecule has 1 amide bonds. The second-order valence-electron chi connectivity index (χ2n) is 4.00. The predicted molar refractivity (Wildman–Crippen MR) is 60.2 cm³/mol. The number of nitrogens with one attached hydrogen (secondary N) is 1. The SMILES string of the molecule is COc1cc(NC(=O)C(C)(N)C(F)(F)F)ccc1F. The van der Waals surface area contributed by atoms with E-state index in [1.54, 1.807) is 0 Å². The van der Waals surface area contributed by atoms with Crippen LogP contribution in [0.5, 0.6) is 5.75 Å². The lowest BCUT2D eigenvalue weighted by molar-refractivity contribution is -0.184. The van der Waals surface area contributed by atoms with Gasteiger partial charge in [-0.05, 0) is 19.1 Å². The number of halogens is 4. The topological polar surface area (TPSA) is 64.3 Å². The van der Waals surface area contributed by atoms with Crippen molar-refractivity contribution in [3.63, 3.8) is 0 Å². The minimum Gasteiger partial charge on any atom is -0.494 e. The summed E-state index contributed by atoms with van der Waals surface area (Å²) in [5.74, 6) is -2.36. The lowest BCUT2D eigenvalue weighted by atomic mass is 10.0. The van der Waals surface area contributed by atoms with Gasteiger partial charge in [0.2, 0.25) is 0 Å². The minimum atomic E-state index is -4.90. The Kier molecular flexibility index (Phi) is 4.04. The maximum Gasteiger partial charge on any atom is 0.415 e. The maximum absolute atomic E-state index is 13.1. The number of hydrogen-bond acceptors (Lipinski definition) is 3. The van der Waals surface area contributed by atoms with Crippen molar-refractivity contribution >= 4 is 11.6 Å². The molecule has 3 N–H and O–H groups in total. The van der Waals surface area contributed by atoms with Crippen LogP contribution in [0.25, 0.3) is 0 Å². The van der Waals surface area contributed by atoms with E-state index in [-0.39, 0.29) is 11.4 Å². The first-order valence-electron chi connectivity index (χ1n) is 5.10. The van der Waals surface area contributed by atoms with Crippen molar-refractivity contribution in [1.29, 1.82) is 0 Å². The third-order valence-electron chi connectivity index (χ3n) is 2.47. The summed E-state index contributed by atoms with van der Waals surface area (Å²) in [7, 11) is 1.19. The van der Waals surface area contributed by atoms with Crippen LogP contribution in [0.1, 0.15) is 6.92 Å². The van der Waals surface area contributed by atoms with Crippen molar-refractivity contribution in [2.24, 2.45) is 5.73 Å². The minimum absolute atomic E-state index is 0.0517. The third-order valence-corrected chi connectivity index (χ3v) is 2.47. The Balaban J connectivity index is 2.95. The lowest BCUT2D eigenvalue weighted by Crippen LogP contribution is -2.59. The first-order chi connectivity index (χ1) is 8.59. The number of hydrogen-bond donors (Lipinski definition) is 2. The highest BCUT2D eigenvalue weighted by molar-refractivity contribution is 5.98. The fraction of sp³-hybridized carbons (Fsp3) is 0.364. The predicted octanol–water partition coefficient (Wildman–Crippen LogP) is 2.05. The summed E-state index contributed by atoms with van der Waals surface area (Å²) in [5.41, 5.74) is 1.84. The average Bonchev–Trinajstić information content (AvgIpc) is 2.30. The van der Waals surface area contributed by atoms with Crippen molar-refractivity contribution in [2.45, 2.75) is 18.6 Å². The van der Waals surface area contributed by atoms with Gasteiger partial charge >= 0.3 is 6.18 Å². The number of anilines is 1. The van der Waals surface area contributed by atoms with Crippen LogP contribution in [-0.2, 0) is 4.79 Å². The molecule has 0 bridgehead atoms. The van der Waals surface area contributed by atoms with Gasteiger partial charge in [0.25, 0.3) is 5.91 Å². The van der Waals surface area contributed by atoms with Gasteiger partial charge in [-0.25, -0.2) is 4.39 Å². The number of carbonyl (C=O) groups is 1. The molecule has 8 heteroatoms. The van der Waals surface area contributed by atoms with Gasteiger partial charge < -0.3 is 15.8 Å². The van der Waals surface area contributed by atoms with E-state index in [0.717, 1.165) is 18.2 Å². The zero-order valence-corrected chi connectivity index (χ0v) is 10.1. The monoisotopic (exact) mass is 280 g/mol. The Morgan fingerprint density at radius 1 is 1.37 bits per heavy atom. The van der Waals surface area contributed by atoms with E-state index in [1.165, 1.54) is 7.11 Å². The number of benzene rings is 1. The van der Waals surface area contributed by atoms with Gasteiger partial charge in [0, 0.05) is 11.8 Å². The molecule has 1 atom stereocenters. The highest BCUT2D eigenvalue weighted by atomic mass is 19.4. The van der Waals surface area contributed by atoms with Crippen molar-refractivity contribution in [3.8, 4) is 5.75 Å². The van der Waals surface area contributed by atoms with E-state index in [1.807, 2.05) is 5.32 Å². The number of alkyl halides is 3. The molecule has 0 fully saturated rings. The van der Waals surface area contributed by atoms with E-state index < -0.39 is 23.4 Å². The molecular formula is C11H12F4N2O2. The normalized spacial score (nSPS) is 14.7. The van der Waals surface area contributed by atoms with Crippen LogP contribution in [-0.4, -0.2) is 24.7 Å². The number of ether oxygens (including phenoxy) is 1. The van der Waals surface area contributed by atoms with E-state index >= 15 is 0 Å². The number of methoxy groups -OCH3 is 1. The molecule has 1 unspecified atom stereocenters. The summed E-state index contributed by atoms with van der Waals surface area (Å²) >= 11 is 0. The van der Waals surface area contributed by atoms with Gasteiger partial charge in [-0.2, -0.15) is 13.2 Å². The molecule has 1 aromatic carbocycles. The molecule has 106 valence electrons. The molecule has 0 spiro atoms. The summed E-state index contributed by atoms with van der Waals surface area (Å²) in [6.07, 6.45) is -4.90. The molecule has 4 nitrogen and oxygen atoms in total. The van der Waals surface area contributed by atoms with Crippen LogP contribution >= 0.6 is 0 Å². The van der Waals surface area contributed by atoms with Gasteiger partial charge in [-0.1, -0.05) is 0 Å². The van der Waals surface area contributed by atoms with Crippen LogP contribution in [0.4, 0.5) is 23.2 Å². The molecule has 1 aromatic rings. The molecule has 1 rings (SSSR count). The largest absolute Gasteiger partial charge is 0.494 e. The summed E-state index contributed by atoms with van der Waals surface area (Å²) in [4.78, 5) is 11.5. The summed E-state index contributed by atoms with van der Waals surface area (Å²) in [6, 6.07) is 3.11. The molecule has 0 heterocycles. The molecular weight excluding hydrogens is 268 g/mol. The first kappa shape index (κ1) is 15.2. The first-order valence-corrected chi connectivity index (χ1v) is 5.10. The highest BCUT2D eigenvalue weighted by Gasteiger charge is 2.53. The number of nitrogens with two attached hydrogens (primary N) is 1. The van der Waals surface area contributed by atoms with E-state index in [4.69, 9.17) is 5.73 Å². The van der Waals surface area contributed by atoms with Gasteiger partial charge in [0.1, 0.15) is 0 Å². The third kappa shape index (κ3) is 3.14. The Morgan fingerprint density at radius 3 is 2.42 bits per heavy atom. The number of rotatable bonds is 3. The molecule has 0 aliphatic carbocycles. The van der Waals surface area contributed by atoms with Gasteiger partial charge in [0.05, 0.1) is 7.11 Å². The number of amides is 1. The second kappa shape index (κ2) is 5.04. The van der Waals surface area contributed by atoms with Crippen LogP contribution in [0.2, 0.25) is 0 Å². The van der Waals surface area contributed by atoms with Crippen molar-refractivity contribution in [2.75, 3.05) is 12.4 Å². The van der Waals surface area contributed by atoms with E-state index in [9.17, 15) is 22.4 Å². The van der Waals surface area contributed by atoms with Gasteiger partial charge in [0.15, 0.2) is 17.1 Å². The Morgan fingerprint density at radius 2 is 1.95 bits per heavy atom. The van der Waals surface area contributed by atoms with Crippen LogP contribution in [0.3, 0.4) is 0 Å². The summed E-state index contributed by atoms with van der Waals surface area (Å²) in [6.45, 7) is 0.545. The van der Waals surface area contributed by atoms with E-state index in [2.05, 4.69) is 4.74 Å². The van der Waals surface area contributed by atoms with E-state index in [0.29, 0.717) is 6.92 Å². The fourth-order valence-electron chi connectivity index (χ4n) is 1.13. The average molecular weight is 280 g/mol. The molecule has 0 aliphatic rings. The Labute approximate surface area is 106 Å².